The number of nitrogens with zero attached hydrogens (tertiary/aromatic N) is 4. The van der Waals surface area contributed by atoms with Crippen molar-refractivity contribution >= 4 is 37.5 Å². The number of nitrogens with two attached hydrogens (primary N) is 1. The number of nitrogens with one attached hydrogen (secondary N) is 1. The zero-order chi connectivity index (χ0) is 29.1. The van der Waals surface area contributed by atoms with Gasteiger partial charge in [-0.1, -0.05) is 47.7 Å². The molecule has 1 aliphatic rings. The third kappa shape index (κ3) is 6.35. The van der Waals surface area contributed by atoms with E-state index in [4.69, 9.17) is 19.3 Å². The molecule has 3 heterocycles. The van der Waals surface area contributed by atoms with E-state index in [0.717, 1.165) is 16.9 Å². The summed E-state index contributed by atoms with van der Waals surface area (Å²) in [6, 6.07) is 21.4. The predicted molar refractivity (Wildman–Crippen MR) is 154 cm³/mol. The molecule has 2 unspecified atom stereocenters. The van der Waals surface area contributed by atoms with E-state index in [1.54, 1.807) is 24.4 Å². The van der Waals surface area contributed by atoms with Gasteiger partial charge >= 0.3 is 0 Å². The third-order valence-corrected chi connectivity index (χ3v) is 8.83. The Morgan fingerprint density at radius 1 is 1.12 bits per heavy atom. The lowest BCUT2D eigenvalue weighted by atomic mass is 10.1. The number of rotatable bonds is 10. The molecule has 6 rings (SSSR count). The number of primary sulfonamides is 1. The standard InChI is InChI=1S/C28H26N6O6S2/c29-42(36,37)28-31-22-11-10-20(13-26(22)41-28)38-16-19-15-34(33-32-19)23(12-18-6-2-1-3-7-18)27(35)30-14-21-17-39-24-8-4-5-9-25(24)40-21/h1-11,13,15,21,23H,12,14,16-17H2,(H,30,35)(H2,29,36,37). The molecule has 1 amide bonds. The van der Waals surface area contributed by atoms with Crippen LogP contribution < -0.4 is 24.7 Å². The molecule has 2 aromatic heterocycles. The van der Waals surface area contributed by atoms with Gasteiger partial charge in [-0.2, -0.15) is 0 Å². The van der Waals surface area contributed by atoms with Crippen molar-refractivity contribution in [2.45, 2.75) is 29.5 Å². The van der Waals surface area contributed by atoms with Crippen LogP contribution in [0.1, 0.15) is 17.3 Å². The van der Waals surface area contributed by atoms with Crippen LogP contribution in [0.5, 0.6) is 17.2 Å². The minimum absolute atomic E-state index is 0.0820. The maximum atomic E-state index is 13.4. The Labute approximate surface area is 245 Å². The minimum atomic E-state index is -3.89. The number of carbonyl (C=O) groups is 1. The number of hydrogen-bond acceptors (Lipinski definition) is 10. The van der Waals surface area contributed by atoms with Gasteiger partial charge in [-0.05, 0) is 35.9 Å². The molecule has 0 radical (unpaired) electrons. The van der Waals surface area contributed by atoms with Crippen LogP contribution in [0.2, 0.25) is 0 Å². The Hall–Kier alpha value is -4.53. The van der Waals surface area contributed by atoms with Gasteiger partial charge in [0.05, 0.1) is 23.0 Å². The summed E-state index contributed by atoms with van der Waals surface area (Å²) < 4.78 is 42.8. The lowest BCUT2D eigenvalue weighted by Crippen LogP contribution is -2.43. The molecule has 216 valence electrons. The summed E-state index contributed by atoms with van der Waals surface area (Å²) in [5, 5.41) is 16.6. The molecule has 0 aliphatic carbocycles. The number of thiazole rings is 1. The molecule has 0 bridgehead atoms. The second-order valence-electron chi connectivity index (χ2n) is 9.58. The van der Waals surface area contributed by atoms with Crippen LogP contribution in [-0.4, -0.2) is 53.6 Å². The number of para-hydroxylation sites is 2. The van der Waals surface area contributed by atoms with Crippen LogP contribution >= 0.6 is 11.3 Å². The van der Waals surface area contributed by atoms with Crippen molar-refractivity contribution in [3.63, 3.8) is 0 Å². The summed E-state index contributed by atoms with van der Waals surface area (Å²) in [7, 11) is -3.89. The van der Waals surface area contributed by atoms with Crippen molar-refractivity contribution in [3.8, 4) is 17.2 Å². The van der Waals surface area contributed by atoms with Gasteiger partial charge in [0.25, 0.3) is 10.0 Å². The van der Waals surface area contributed by atoms with E-state index >= 15 is 0 Å². The number of benzene rings is 3. The summed E-state index contributed by atoms with van der Waals surface area (Å²) in [6.07, 6.45) is 1.74. The number of sulfonamides is 1. The van der Waals surface area contributed by atoms with Gasteiger partial charge in [-0.15, -0.1) is 16.4 Å². The van der Waals surface area contributed by atoms with E-state index < -0.39 is 16.1 Å². The number of fused-ring (bicyclic) bond motifs is 2. The highest BCUT2D eigenvalue weighted by atomic mass is 32.2. The van der Waals surface area contributed by atoms with Gasteiger partial charge in [-0.25, -0.2) is 23.2 Å². The van der Waals surface area contributed by atoms with Crippen LogP contribution in [0.15, 0.2) is 83.3 Å². The Morgan fingerprint density at radius 3 is 2.71 bits per heavy atom. The largest absolute Gasteiger partial charge is 0.487 e. The lowest BCUT2D eigenvalue weighted by Gasteiger charge is -2.27. The fourth-order valence-corrected chi connectivity index (χ4v) is 6.11. The first-order valence-electron chi connectivity index (χ1n) is 13.0. The summed E-state index contributed by atoms with van der Waals surface area (Å²) in [4.78, 5) is 17.5. The molecular weight excluding hydrogens is 580 g/mol. The molecular formula is C28H26N6O6S2. The first kappa shape index (κ1) is 27.6. The average molecular weight is 607 g/mol. The fraction of sp³-hybridized carbons (Fsp3) is 0.214. The van der Waals surface area contributed by atoms with E-state index in [2.05, 4.69) is 20.6 Å². The normalized spacial score (nSPS) is 15.3. The van der Waals surface area contributed by atoms with Crippen LogP contribution in [0.25, 0.3) is 10.2 Å². The molecule has 0 fully saturated rings. The zero-order valence-corrected chi connectivity index (χ0v) is 23.8. The molecule has 0 spiro atoms. The van der Waals surface area contributed by atoms with Crippen LogP contribution in [-0.2, 0) is 27.8 Å². The lowest BCUT2D eigenvalue weighted by molar-refractivity contribution is -0.125. The highest BCUT2D eigenvalue weighted by Gasteiger charge is 2.26. The second kappa shape index (κ2) is 11.8. The van der Waals surface area contributed by atoms with Crippen LogP contribution in [0.4, 0.5) is 0 Å². The van der Waals surface area contributed by atoms with Crippen molar-refractivity contribution in [2.75, 3.05) is 13.2 Å². The smallest absolute Gasteiger partial charge is 0.265 e. The van der Waals surface area contributed by atoms with E-state index in [9.17, 15) is 13.2 Å². The molecule has 0 saturated carbocycles. The molecule has 42 heavy (non-hydrogen) atoms. The quantitative estimate of drug-likeness (QED) is 0.244. The fourth-order valence-electron chi connectivity index (χ4n) is 4.42. The Balaban J connectivity index is 1.13. The monoisotopic (exact) mass is 606 g/mol. The molecule has 3 aromatic carbocycles. The van der Waals surface area contributed by atoms with E-state index in [1.165, 1.54) is 4.68 Å². The van der Waals surface area contributed by atoms with Crippen molar-refractivity contribution < 1.29 is 27.4 Å². The topological polar surface area (TPSA) is 161 Å². The van der Waals surface area contributed by atoms with Crippen molar-refractivity contribution in [1.82, 2.24) is 25.3 Å². The molecule has 14 heteroatoms. The third-order valence-electron chi connectivity index (χ3n) is 6.49. The number of aromatic nitrogens is 4. The summed E-state index contributed by atoms with van der Waals surface area (Å²) in [5.74, 6) is 1.58. The van der Waals surface area contributed by atoms with Crippen LogP contribution in [0.3, 0.4) is 0 Å². The number of amides is 1. The first-order chi connectivity index (χ1) is 20.3. The second-order valence-corrected chi connectivity index (χ2v) is 12.3. The Kier molecular flexibility index (Phi) is 7.73. The highest BCUT2D eigenvalue weighted by molar-refractivity contribution is 7.91. The van der Waals surface area contributed by atoms with Gasteiger partial charge in [0.15, 0.2) is 11.5 Å². The SMILES string of the molecule is NS(=O)(=O)c1nc2ccc(OCc3cn(C(Cc4ccccc4)C(=O)NCC4COc5ccccc5O4)nn3)cc2s1. The summed E-state index contributed by atoms with van der Waals surface area (Å²) in [5.41, 5.74) is 1.98. The maximum absolute atomic E-state index is 13.4. The van der Waals surface area contributed by atoms with E-state index in [0.29, 0.717) is 46.2 Å². The van der Waals surface area contributed by atoms with Crippen LogP contribution in [0, 0.1) is 0 Å². The van der Waals surface area contributed by atoms with E-state index in [1.807, 2.05) is 54.6 Å². The molecule has 1 aliphatic heterocycles. The summed E-state index contributed by atoms with van der Waals surface area (Å²) in [6.45, 7) is 0.664. The predicted octanol–water partition coefficient (Wildman–Crippen LogP) is 2.85. The van der Waals surface area contributed by atoms with E-state index in [-0.39, 0.29) is 29.5 Å². The molecule has 5 aromatic rings. The van der Waals surface area contributed by atoms with Gasteiger partial charge in [0.2, 0.25) is 10.2 Å². The van der Waals surface area contributed by atoms with Crippen molar-refractivity contribution in [2.24, 2.45) is 5.14 Å². The zero-order valence-electron chi connectivity index (χ0n) is 22.1. The van der Waals surface area contributed by atoms with Gasteiger partial charge in [-0.3, -0.25) is 4.79 Å². The average Bonchev–Trinajstić information content (AvgIpc) is 3.65. The highest BCUT2D eigenvalue weighted by Crippen LogP contribution is 2.31. The van der Waals surface area contributed by atoms with Gasteiger partial charge < -0.3 is 19.5 Å². The maximum Gasteiger partial charge on any atom is 0.265 e. The molecule has 3 N–H and O–H groups in total. The Morgan fingerprint density at radius 2 is 1.90 bits per heavy atom. The van der Waals surface area contributed by atoms with Crippen molar-refractivity contribution in [3.05, 3.63) is 90.3 Å². The number of hydrogen-bond donors (Lipinski definition) is 2. The number of carbonyl (C=O) groups excluding carboxylic acids is 1. The van der Waals surface area contributed by atoms with Gasteiger partial charge in [0.1, 0.15) is 36.8 Å². The Bertz CT molecular complexity index is 1830. The molecule has 12 nitrogen and oxygen atoms in total. The van der Waals surface area contributed by atoms with Gasteiger partial charge in [0, 0.05) is 6.42 Å². The molecule has 2 atom stereocenters. The minimum Gasteiger partial charge on any atom is -0.487 e. The van der Waals surface area contributed by atoms with Crippen molar-refractivity contribution in [1.29, 1.82) is 0 Å². The first-order valence-corrected chi connectivity index (χ1v) is 15.3. The summed E-state index contributed by atoms with van der Waals surface area (Å²) >= 11 is 0.966. The number of ether oxygens (including phenoxy) is 3. The molecule has 0 saturated heterocycles.